The maximum absolute atomic E-state index is 5.01. The third-order valence-corrected chi connectivity index (χ3v) is 8.10. The van der Waals surface area contributed by atoms with Gasteiger partial charge in [-0.05, 0) is 87.7 Å². The second-order valence-corrected chi connectivity index (χ2v) is 13.8. The fourth-order valence-corrected chi connectivity index (χ4v) is 6.79. The number of hydrogen-bond acceptors (Lipinski definition) is 1. The Bertz CT molecular complexity index is 2040. The molecule has 0 radical (unpaired) electrons. The molecule has 2 heteroatoms. The van der Waals surface area contributed by atoms with Crippen molar-refractivity contribution >= 4 is 59.8 Å². The summed E-state index contributed by atoms with van der Waals surface area (Å²) in [7, 11) is 0. The van der Waals surface area contributed by atoms with Gasteiger partial charge in [0.05, 0.1) is 22.1 Å². The molecule has 0 bridgehead atoms. The third kappa shape index (κ3) is 3.50. The van der Waals surface area contributed by atoms with E-state index in [1.54, 1.807) is 0 Å². The Morgan fingerprint density at radius 2 is 1.32 bits per heavy atom. The molecule has 38 heavy (non-hydrogen) atoms. The monoisotopic (exact) mass is 496 g/mol. The summed E-state index contributed by atoms with van der Waals surface area (Å²) in [6.07, 6.45) is 4.10. The number of rotatable bonds is 2. The molecule has 0 saturated carbocycles. The van der Waals surface area contributed by atoms with E-state index in [9.17, 15) is 0 Å². The van der Waals surface area contributed by atoms with Crippen molar-refractivity contribution in [1.29, 1.82) is 0 Å². The van der Waals surface area contributed by atoms with E-state index in [1.807, 2.05) is 6.20 Å². The number of pyridine rings is 2. The van der Waals surface area contributed by atoms with Gasteiger partial charge in [-0.15, -0.1) is 0 Å². The molecule has 0 aliphatic heterocycles. The zero-order valence-electron chi connectivity index (χ0n) is 23.7. The third-order valence-electron chi connectivity index (χ3n) is 8.10. The molecular weight excluding hydrogens is 460 g/mol. The molecule has 7 aromatic rings. The van der Waals surface area contributed by atoms with Crippen molar-refractivity contribution in [3.8, 4) is 0 Å². The van der Waals surface area contributed by atoms with Gasteiger partial charge in [0, 0.05) is 27.7 Å². The van der Waals surface area contributed by atoms with Gasteiger partial charge in [-0.1, -0.05) is 77.9 Å². The molecule has 3 heterocycles. The summed E-state index contributed by atoms with van der Waals surface area (Å²) < 4.78 is 2.54. The molecule has 0 aliphatic rings. The maximum atomic E-state index is 5.01. The minimum Gasteiger partial charge on any atom is -0.308 e. The largest absolute Gasteiger partial charge is 0.308 e. The van der Waals surface area contributed by atoms with Crippen LogP contribution < -0.4 is 0 Å². The Balaban J connectivity index is 1.65. The Kier molecular flexibility index (Phi) is 4.75. The first kappa shape index (κ1) is 23.5. The first-order valence-corrected chi connectivity index (χ1v) is 13.9. The zero-order valence-corrected chi connectivity index (χ0v) is 23.7. The smallest absolute Gasteiger partial charge is 0.0823 e. The zero-order chi connectivity index (χ0) is 26.6. The number of hydrogen-bond donors (Lipinski definition) is 0. The Hall–Kier alpha value is -3.65. The van der Waals surface area contributed by atoms with Crippen LogP contribution in [0.4, 0.5) is 0 Å². The molecule has 3 aromatic heterocycles. The molecule has 0 aliphatic carbocycles. The van der Waals surface area contributed by atoms with Gasteiger partial charge in [0.15, 0.2) is 0 Å². The first-order valence-electron chi connectivity index (χ1n) is 13.9. The normalized spacial score (nSPS) is 13.3. The highest BCUT2D eigenvalue weighted by molar-refractivity contribution is 6.28. The lowest BCUT2D eigenvalue weighted by atomic mass is 9.87. The number of benzene rings is 4. The van der Waals surface area contributed by atoms with E-state index < -0.39 is 0 Å². The second-order valence-electron chi connectivity index (χ2n) is 13.8. The van der Waals surface area contributed by atoms with Crippen molar-refractivity contribution in [1.82, 2.24) is 9.38 Å². The van der Waals surface area contributed by atoms with Crippen LogP contribution in [0.5, 0.6) is 0 Å². The van der Waals surface area contributed by atoms with Crippen LogP contribution in [0.25, 0.3) is 59.8 Å². The van der Waals surface area contributed by atoms with Crippen molar-refractivity contribution in [2.24, 2.45) is 10.8 Å². The van der Waals surface area contributed by atoms with Gasteiger partial charge in [-0.2, -0.15) is 0 Å². The van der Waals surface area contributed by atoms with E-state index in [-0.39, 0.29) is 10.8 Å². The highest BCUT2D eigenvalue weighted by atomic mass is 14.9. The van der Waals surface area contributed by atoms with E-state index in [4.69, 9.17) is 4.98 Å². The first-order chi connectivity index (χ1) is 18.0. The molecule has 7 rings (SSSR count). The summed E-state index contributed by atoms with van der Waals surface area (Å²) in [5.74, 6) is 0. The highest BCUT2D eigenvalue weighted by Gasteiger charge is 2.22. The van der Waals surface area contributed by atoms with Crippen LogP contribution in [0.1, 0.15) is 58.2 Å². The molecule has 0 fully saturated rings. The van der Waals surface area contributed by atoms with Crippen LogP contribution in [0.3, 0.4) is 0 Å². The van der Waals surface area contributed by atoms with Crippen LogP contribution >= 0.6 is 0 Å². The van der Waals surface area contributed by atoms with Gasteiger partial charge in [0.25, 0.3) is 0 Å². The molecule has 0 unspecified atom stereocenters. The van der Waals surface area contributed by atoms with E-state index in [1.165, 1.54) is 70.9 Å². The van der Waals surface area contributed by atoms with Gasteiger partial charge in [-0.3, -0.25) is 4.98 Å². The molecule has 0 spiro atoms. The molecule has 0 N–H and O–H groups in total. The summed E-state index contributed by atoms with van der Waals surface area (Å²) in [6, 6.07) is 23.3. The van der Waals surface area contributed by atoms with E-state index in [0.717, 1.165) is 18.4 Å². The summed E-state index contributed by atoms with van der Waals surface area (Å²) in [5.41, 5.74) is 9.60. The van der Waals surface area contributed by atoms with Gasteiger partial charge in [-0.25, -0.2) is 0 Å². The van der Waals surface area contributed by atoms with Crippen LogP contribution in [0.2, 0.25) is 0 Å². The number of aryl methyl sites for hydroxylation is 1. The standard InChI is InChI=1S/C36H36N2/c1-21-26-11-8-22(19-35(2,3)4)16-25(26)18-29-32-31-24(14-15-37-32)10-12-27-28-17-23(20-36(5,6)7)9-13-30(28)38(33(21)29)34(27)31/h8-18H,19-20H2,1-7H3. The van der Waals surface area contributed by atoms with Crippen LogP contribution in [-0.2, 0) is 12.8 Å². The minimum absolute atomic E-state index is 0.248. The predicted octanol–water partition coefficient (Wildman–Crippen LogP) is 10.0. The summed E-state index contributed by atoms with van der Waals surface area (Å²) in [5, 5.41) is 9.06. The summed E-state index contributed by atoms with van der Waals surface area (Å²) in [4.78, 5) is 5.01. The summed E-state index contributed by atoms with van der Waals surface area (Å²) >= 11 is 0. The quantitative estimate of drug-likeness (QED) is 0.172. The van der Waals surface area contributed by atoms with Crippen molar-refractivity contribution in [2.45, 2.75) is 61.3 Å². The lowest BCUT2D eigenvalue weighted by Gasteiger charge is -2.19. The highest BCUT2D eigenvalue weighted by Crippen LogP contribution is 2.43. The Morgan fingerprint density at radius 1 is 0.632 bits per heavy atom. The Labute approximate surface area is 224 Å². The number of nitrogens with zero attached hydrogens (tertiary/aromatic N) is 2. The fraction of sp³-hybridized carbons (Fsp3) is 0.306. The van der Waals surface area contributed by atoms with Crippen molar-refractivity contribution < 1.29 is 0 Å². The van der Waals surface area contributed by atoms with Crippen molar-refractivity contribution in [3.05, 3.63) is 83.6 Å². The number of aromatic nitrogens is 2. The molecule has 190 valence electrons. The van der Waals surface area contributed by atoms with Gasteiger partial charge in [0.1, 0.15) is 0 Å². The molecule has 2 nitrogen and oxygen atoms in total. The molecule has 4 aromatic carbocycles. The van der Waals surface area contributed by atoms with Crippen LogP contribution in [-0.4, -0.2) is 9.38 Å². The molecule has 0 atom stereocenters. The average Bonchev–Trinajstić information content (AvgIpc) is 3.15. The minimum atomic E-state index is 0.248. The average molecular weight is 497 g/mol. The van der Waals surface area contributed by atoms with E-state index in [2.05, 4.69) is 114 Å². The van der Waals surface area contributed by atoms with Crippen molar-refractivity contribution in [3.63, 3.8) is 0 Å². The van der Waals surface area contributed by atoms with Gasteiger partial charge < -0.3 is 4.40 Å². The van der Waals surface area contributed by atoms with E-state index in [0.29, 0.717) is 0 Å². The fourth-order valence-electron chi connectivity index (χ4n) is 6.79. The maximum Gasteiger partial charge on any atom is 0.0823 e. The summed E-state index contributed by atoms with van der Waals surface area (Å²) in [6.45, 7) is 16.2. The Morgan fingerprint density at radius 3 is 2.05 bits per heavy atom. The molecule has 0 saturated heterocycles. The second kappa shape index (κ2) is 7.69. The van der Waals surface area contributed by atoms with Gasteiger partial charge in [0.2, 0.25) is 0 Å². The van der Waals surface area contributed by atoms with Crippen LogP contribution in [0.15, 0.2) is 66.9 Å². The lowest BCUT2D eigenvalue weighted by molar-refractivity contribution is 0.411. The lowest BCUT2D eigenvalue weighted by Crippen LogP contribution is -2.09. The number of fused-ring (bicyclic) bond motifs is 7. The SMILES string of the molecule is Cc1c2ccc(CC(C)(C)C)cc2cc2c3nccc4ccc5c6cc(CC(C)(C)C)ccc6n(c12)c5c43. The molecule has 0 amide bonds. The predicted molar refractivity (Wildman–Crippen MR) is 165 cm³/mol. The van der Waals surface area contributed by atoms with Gasteiger partial charge >= 0.3 is 0 Å². The molecular formula is C36H36N2. The van der Waals surface area contributed by atoms with Crippen LogP contribution in [0, 0.1) is 17.8 Å². The van der Waals surface area contributed by atoms with Crippen molar-refractivity contribution in [2.75, 3.05) is 0 Å². The van der Waals surface area contributed by atoms with E-state index >= 15 is 0 Å². The topological polar surface area (TPSA) is 17.3 Å².